The Morgan fingerprint density at radius 2 is 2.00 bits per heavy atom. The van der Waals surface area contributed by atoms with Crippen LogP contribution in [0.4, 0.5) is 0 Å². The van der Waals surface area contributed by atoms with Gasteiger partial charge >= 0.3 is 0 Å². The zero-order valence-corrected chi connectivity index (χ0v) is 8.07. The molecule has 1 aromatic rings. The van der Waals surface area contributed by atoms with Crippen LogP contribution in [0.1, 0.15) is 25.3 Å². The molecule has 0 aliphatic rings. The van der Waals surface area contributed by atoms with E-state index >= 15 is 0 Å². The van der Waals surface area contributed by atoms with Crippen molar-refractivity contribution in [2.75, 3.05) is 0 Å². The molecule has 0 aliphatic heterocycles. The second-order valence-corrected chi connectivity index (χ2v) is 3.12. The summed E-state index contributed by atoms with van der Waals surface area (Å²) in [5, 5.41) is 0. The number of hydrogen-bond donors (Lipinski definition) is 1. The maximum Gasteiger partial charge on any atom is 0.106 e. The Morgan fingerprint density at radius 3 is 2.62 bits per heavy atom. The highest BCUT2D eigenvalue weighted by Crippen LogP contribution is 2.03. The fourth-order valence-electron chi connectivity index (χ4n) is 1.15. The number of nitrogens with two attached hydrogens (primary N) is 1. The highest BCUT2D eigenvalue weighted by Gasteiger charge is 2.00. The van der Waals surface area contributed by atoms with Crippen LogP contribution in [-0.4, -0.2) is 6.23 Å². The average molecular weight is 179 g/mol. The van der Waals surface area contributed by atoms with Crippen molar-refractivity contribution in [3.63, 3.8) is 0 Å². The highest BCUT2D eigenvalue weighted by atomic mass is 16.5. The molecule has 0 amide bonds. The molecule has 2 heteroatoms. The van der Waals surface area contributed by atoms with Gasteiger partial charge in [0.05, 0.1) is 6.61 Å². The monoisotopic (exact) mass is 179 g/mol. The molecule has 0 unspecified atom stereocenters. The predicted molar refractivity (Wildman–Crippen MR) is 54.1 cm³/mol. The van der Waals surface area contributed by atoms with Crippen molar-refractivity contribution in [3.05, 3.63) is 35.9 Å². The molecule has 0 aromatic heterocycles. The molecule has 0 saturated heterocycles. The van der Waals surface area contributed by atoms with Gasteiger partial charge in [-0.3, -0.25) is 0 Å². The van der Waals surface area contributed by atoms with E-state index < -0.39 is 0 Å². The van der Waals surface area contributed by atoms with Gasteiger partial charge in [0.1, 0.15) is 6.23 Å². The summed E-state index contributed by atoms with van der Waals surface area (Å²) in [7, 11) is 0. The van der Waals surface area contributed by atoms with E-state index in [2.05, 4.69) is 6.92 Å². The molecular formula is C11H17NO. The van der Waals surface area contributed by atoms with Crippen molar-refractivity contribution in [1.82, 2.24) is 0 Å². The Bertz CT molecular complexity index is 223. The van der Waals surface area contributed by atoms with Gasteiger partial charge in [0, 0.05) is 0 Å². The van der Waals surface area contributed by atoms with Crippen LogP contribution < -0.4 is 5.73 Å². The Labute approximate surface area is 79.7 Å². The van der Waals surface area contributed by atoms with Gasteiger partial charge < -0.3 is 10.5 Å². The zero-order valence-electron chi connectivity index (χ0n) is 8.07. The van der Waals surface area contributed by atoms with Crippen molar-refractivity contribution in [3.8, 4) is 0 Å². The molecule has 72 valence electrons. The molecule has 0 saturated carbocycles. The Hall–Kier alpha value is -0.860. The van der Waals surface area contributed by atoms with Gasteiger partial charge in [-0.15, -0.1) is 0 Å². The number of hydrogen-bond acceptors (Lipinski definition) is 2. The zero-order chi connectivity index (χ0) is 9.52. The van der Waals surface area contributed by atoms with E-state index in [-0.39, 0.29) is 6.23 Å². The minimum atomic E-state index is -0.120. The van der Waals surface area contributed by atoms with E-state index in [1.807, 2.05) is 30.3 Å². The molecule has 0 aliphatic carbocycles. The van der Waals surface area contributed by atoms with Gasteiger partial charge in [-0.2, -0.15) is 0 Å². The molecule has 1 rings (SSSR count). The Kier molecular flexibility index (Phi) is 4.50. The van der Waals surface area contributed by atoms with Gasteiger partial charge in [0.2, 0.25) is 0 Å². The second-order valence-electron chi connectivity index (χ2n) is 3.12. The van der Waals surface area contributed by atoms with Crippen LogP contribution in [0.25, 0.3) is 0 Å². The van der Waals surface area contributed by atoms with E-state index in [1.54, 1.807) is 0 Å². The molecule has 0 fully saturated rings. The van der Waals surface area contributed by atoms with E-state index in [1.165, 1.54) is 5.56 Å². The third-order valence-electron chi connectivity index (χ3n) is 1.88. The fourth-order valence-corrected chi connectivity index (χ4v) is 1.15. The quantitative estimate of drug-likeness (QED) is 0.704. The molecular weight excluding hydrogens is 162 g/mol. The Morgan fingerprint density at radius 1 is 1.31 bits per heavy atom. The SMILES string of the molecule is CCC[C@H](N)OCc1ccccc1. The van der Waals surface area contributed by atoms with Crippen LogP contribution in [0.3, 0.4) is 0 Å². The molecule has 2 N–H and O–H groups in total. The van der Waals surface area contributed by atoms with Gasteiger partial charge in [0.15, 0.2) is 0 Å². The average Bonchev–Trinajstić information content (AvgIpc) is 2.17. The summed E-state index contributed by atoms with van der Waals surface area (Å²) in [6.07, 6.45) is 1.87. The number of benzene rings is 1. The van der Waals surface area contributed by atoms with Crippen molar-refractivity contribution >= 4 is 0 Å². The lowest BCUT2D eigenvalue weighted by atomic mass is 10.2. The first-order chi connectivity index (χ1) is 6.33. The van der Waals surface area contributed by atoms with Crippen LogP contribution in [-0.2, 0) is 11.3 Å². The predicted octanol–water partition coefficient (Wildman–Crippen LogP) is 2.29. The van der Waals surface area contributed by atoms with Crippen LogP contribution in [0.15, 0.2) is 30.3 Å². The Balaban J connectivity index is 2.27. The molecule has 0 heterocycles. The fraction of sp³-hybridized carbons (Fsp3) is 0.455. The third kappa shape index (κ3) is 4.06. The lowest BCUT2D eigenvalue weighted by Gasteiger charge is -2.11. The van der Waals surface area contributed by atoms with Crippen molar-refractivity contribution in [2.24, 2.45) is 5.73 Å². The second kappa shape index (κ2) is 5.73. The normalized spacial score (nSPS) is 12.8. The maximum absolute atomic E-state index is 5.71. The third-order valence-corrected chi connectivity index (χ3v) is 1.88. The highest BCUT2D eigenvalue weighted by molar-refractivity contribution is 5.13. The van der Waals surface area contributed by atoms with Crippen LogP contribution in [0, 0.1) is 0 Å². The van der Waals surface area contributed by atoms with E-state index in [0.717, 1.165) is 12.8 Å². The topological polar surface area (TPSA) is 35.2 Å². The summed E-state index contributed by atoms with van der Waals surface area (Å²) in [4.78, 5) is 0. The molecule has 0 radical (unpaired) electrons. The maximum atomic E-state index is 5.71. The largest absolute Gasteiger partial charge is 0.359 e. The number of ether oxygens (including phenoxy) is 1. The number of rotatable bonds is 5. The molecule has 2 nitrogen and oxygen atoms in total. The first-order valence-corrected chi connectivity index (χ1v) is 4.74. The summed E-state index contributed by atoms with van der Waals surface area (Å²) >= 11 is 0. The van der Waals surface area contributed by atoms with Crippen molar-refractivity contribution in [2.45, 2.75) is 32.6 Å². The molecule has 1 atom stereocenters. The van der Waals surface area contributed by atoms with Gasteiger partial charge in [-0.05, 0) is 12.0 Å². The van der Waals surface area contributed by atoms with Gasteiger partial charge in [-0.1, -0.05) is 43.7 Å². The van der Waals surface area contributed by atoms with Gasteiger partial charge in [0.25, 0.3) is 0 Å². The molecule has 13 heavy (non-hydrogen) atoms. The molecule has 0 bridgehead atoms. The summed E-state index contributed by atoms with van der Waals surface area (Å²) in [5.74, 6) is 0. The first kappa shape index (κ1) is 10.2. The van der Waals surface area contributed by atoms with Gasteiger partial charge in [-0.25, -0.2) is 0 Å². The van der Waals surface area contributed by atoms with E-state index in [9.17, 15) is 0 Å². The molecule has 0 spiro atoms. The minimum absolute atomic E-state index is 0.120. The molecule has 1 aromatic carbocycles. The van der Waals surface area contributed by atoms with E-state index in [0.29, 0.717) is 6.61 Å². The summed E-state index contributed by atoms with van der Waals surface area (Å²) in [6, 6.07) is 10.1. The summed E-state index contributed by atoms with van der Waals surface area (Å²) in [6.45, 7) is 2.72. The smallest absolute Gasteiger partial charge is 0.106 e. The van der Waals surface area contributed by atoms with Crippen molar-refractivity contribution in [1.29, 1.82) is 0 Å². The van der Waals surface area contributed by atoms with Crippen LogP contribution in [0.5, 0.6) is 0 Å². The lowest BCUT2D eigenvalue weighted by Crippen LogP contribution is -2.23. The lowest BCUT2D eigenvalue weighted by molar-refractivity contribution is 0.0390. The first-order valence-electron chi connectivity index (χ1n) is 4.74. The van der Waals surface area contributed by atoms with Crippen LogP contribution >= 0.6 is 0 Å². The van der Waals surface area contributed by atoms with Crippen LogP contribution in [0.2, 0.25) is 0 Å². The standard InChI is InChI=1S/C11H17NO/c1-2-6-11(12)13-9-10-7-4-3-5-8-10/h3-5,7-8,11H,2,6,9,12H2,1H3/t11-/m1/s1. The van der Waals surface area contributed by atoms with Crippen molar-refractivity contribution < 1.29 is 4.74 Å². The van der Waals surface area contributed by atoms with E-state index in [4.69, 9.17) is 10.5 Å². The summed E-state index contributed by atoms with van der Waals surface area (Å²) in [5.41, 5.74) is 6.88. The summed E-state index contributed by atoms with van der Waals surface area (Å²) < 4.78 is 5.45. The minimum Gasteiger partial charge on any atom is -0.359 e.